The predicted octanol–water partition coefficient (Wildman–Crippen LogP) is 1.39. The molecule has 2 fully saturated rings. The van der Waals surface area contributed by atoms with Gasteiger partial charge in [-0.2, -0.15) is 0 Å². The lowest BCUT2D eigenvalue weighted by molar-refractivity contribution is -0.134. The van der Waals surface area contributed by atoms with Crippen LogP contribution in [0.1, 0.15) is 46.0 Å². The molecule has 0 radical (unpaired) electrons. The fourth-order valence-electron chi connectivity index (χ4n) is 3.46. The second kappa shape index (κ2) is 11.3. The molecule has 152 valence electrons. The molecule has 0 spiro atoms. The molecule has 26 heavy (non-hydrogen) atoms. The minimum Gasteiger partial charge on any atom is -0.357 e. The van der Waals surface area contributed by atoms with Gasteiger partial charge in [0, 0.05) is 37.3 Å². The van der Waals surface area contributed by atoms with E-state index in [9.17, 15) is 13.2 Å². The van der Waals surface area contributed by atoms with Crippen molar-refractivity contribution in [2.45, 2.75) is 52.0 Å². The topological polar surface area (TPSA) is 90.9 Å². The molecule has 2 N–H and O–H groups in total. The molecule has 0 aromatic rings. The van der Waals surface area contributed by atoms with Gasteiger partial charge in [0.1, 0.15) is 0 Å². The van der Waals surface area contributed by atoms with Gasteiger partial charge in [0.15, 0.2) is 15.8 Å². The van der Waals surface area contributed by atoms with E-state index >= 15 is 0 Å². The number of carbonyl (C=O) groups is 1. The summed E-state index contributed by atoms with van der Waals surface area (Å²) in [6, 6.07) is 0.172. The number of carbonyl (C=O) groups excluding carboxylic acids is 1. The van der Waals surface area contributed by atoms with Crippen LogP contribution in [-0.4, -0.2) is 68.9 Å². The number of aliphatic imine (C=N–C) groups is 1. The average Bonchev–Trinajstić information content (AvgIpc) is 3.26. The van der Waals surface area contributed by atoms with Gasteiger partial charge in [-0.25, -0.2) is 8.42 Å². The Kier molecular flexibility index (Phi) is 10.2. The zero-order valence-electron chi connectivity index (χ0n) is 15.9. The number of sulfone groups is 1. The Morgan fingerprint density at radius 2 is 1.88 bits per heavy atom. The van der Waals surface area contributed by atoms with Crippen LogP contribution in [0.25, 0.3) is 0 Å². The number of nitrogens with one attached hydrogen (secondary N) is 2. The van der Waals surface area contributed by atoms with Crippen LogP contribution in [0.3, 0.4) is 0 Å². The second-order valence-corrected chi connectivity index (χ2v) is 9.37. The summed E-state index contributed by atoms with van der Waals surface area (Å²) in [5, 5.41) is 6.50. The van der Waals surface area contributed by atoms with Crippen LogP contribution in [0.5, 0.6) is 0 Å². The van der Waals surface area contributed by atoms with E-state index in [0.717, 1.165) is 25.8 Å². The lowest BCUT2D eigenvalue weighted by Crippen LogP contribution is -2.45. The first-order chi connectivity index (χ1) is 11.9. The van der Waals surface area contributed by atoms with E-state index in [0.29, 0.717) is 25.0 Å². The maximum atomic E-state index is 12.5. The van der Waals surface area contributed by atoms with E-state index in [2.05, 4.69) is 15.6 Å². The third-order valence-corrected chi connectivity index (χ3v) is 6.69. The fourth-order valence-corrected chi connectivity index (χ4v) is 4.12. The largest absolute Gasteiger partial charge is 0.357 e. The van der Waals surface area contributed by atoms with E-state index in [1.807, 2.05) is 11.8 Å². The van der Waals surface area contributed by atoms with Crippen molar-refractivity contribution in [2.24, 2.45) is 10.9 Å². The molecule has 0 aromatic heterocycles. The predicted molar refractivity (Wildman–Crippen MR) is 116 cm³/mol. The molecule has 7 nitrogen and oxygen atoms in total. The average molecular weight is 500 g/mol. The SMILES string of the molecule is CCNC(=NCCS(=O)(=O)CC)NC1CCN(C(=O)C2CCCC2)C1.I. The van der Waals surface area contributed by atoms with Crippen LogP contribution in [0.2, 0.25) is 0 Å². The molecule has 1 unspecified atom stereocenters. The summed E-state index contributed by atoms with van der Waals surface area (Å²) >= 11 is 0. The zero-order valence-corrected chi connectivity index (χ0v) is 19.0. The van der Waals surface area contributed by atoms with Crippen molar-refractivity contribution in [2.75, 3.05) is 37.7 Å². The molecule has 2 rings (SSSR count). The van der Waals surface area contributed by atoms with Crippen molar-refractivity contribution >= 4 is 45.7 Å². The number of hydrogen-bond donors (Lipinski definition) is 2. The molecule has 1 saturated carbocycles. The minimum atomic E-state index is -3.00. The molecular formula is C17H33IN4O3S. The Morgan fingerprint density at radius 1 is 1.19 bits per heavy atom. The van der Waals surface area contributed by atoms with Gasteiger partial charge in [0.2, 0.25) is 5.91 Å². The Labute approximate surface area is 174 Å². The normalized spacial score (nSPS) is 21.5. The first-order valence-corrected chi connectivity index (χ1v) is 11.3. The van der Waals surface area contributed by atoms with Crippen molar-refractivity contribution in [1.29, 1.82) is 0 Å². The van der Waals surface area contributed by atoms with Crippen LogP contribution >= 0.6 is 24.0 Å². The number of likely N-dealkylation sites (tertiary alicyclic amines) is 1. The highest BCUT2D eigenvalue weighted by molar-refractivity contribution is 14.0. The van der Waals surface area contributed by atoms with Gasteiger partial charge in [-0.15, -0.1) is 24.0 Å². The highest BCUT2D eigenvalue weighted by atomic mass is 127. The van der Waals surface area contributed by atoms with Crippen LogP contribution in [-0.2, 0) is 14.6 Å². The van der Waals surface area contributed by atoms with Crippen molar-refractivity contribution in [3.8, 4) is 0 Å². The fraction of sp³-hybridized carbons (Fsp3) is 0.882. The van der Waals surface area contributed by atoms with Gasteiger partial charge in [0.05, 0.1) is 12.3 Å². The zero-order chi connectivity index (χ0) is 18.3. The van der Waals surface area contributed by atoms with Crippen LogP contribution in [0.4, 0.5) is 0 Å². The Morgan fingerprint density at radius 3 is 2.50 bits per heavy atom. The standard InChI is InChI=1S/C17H32N4O3S.HI/c1-3-18-17(19-10-12-25(23,24)4-2)20-15-9-11-21(13-15)16(22)14-7-5-6-8-14;/h14-15H,3-13H2,1-2H3,(H2,18,19,20);1H. The molecular weight excluding hydrogens is 467 g/mol. The first kappa shape index (κ1) is 23.5. The molecule has 2 aliphatic rings. The van der Waals surface area contributed by atoms with E-state index in [-0.39, 0.29) is 54.0 Å². The lowest BCUT2D eigenvalue weighted by Gasteiger charge is -2.21. The maximum Gasteiger partial charge on any atom is 0.225 e. The number of halogens is 1. The van der Waals surface area contributed by atoms with Crippen molar-refractivity contribution in [3.05, 3.63) is 0 Å². The summed E-state index contributed by atoms with van der Waals surface area (Å²) < 4.78 is 23.1. The highest BCUT2D eigenvalue weighted by Gasteiger charge is 2.32. The molecule has 1 aliphatic carbocycles. The van der Waals surface area contributed by atoms with E-state index in [4.69, 9.17) is 0 Å². The number of rotatable bonds is 7. The Hall–Kier alpha value is -0.580. The molecule has 1 aliphatic heterocycles. The second-order valence-electron chi connectivity index (χ2n) is 6.89. The summed E-state index contributed by atoms with van der Waals surface area (Å²) in [5.41, 5.74) is 0. The molecule has 1 atom stereocenters. The maximum absolute atomic E-state index is 12.5. The van der Waals surface area contributed by atoms with E-state index in [1.165, 1.54) is 12.8 Å². The van der Waals surface area contributed by atoms with Gasteiger partial charge in [-0.1, -0.05) is 19.8 Å². The van der Waals surface area contributed by atoms with Gasteiger partial charge >= 0.3 is 0 Å². The minimum absolute atomic E-state index is 0. The molecule has 0 aromatic carbocycles. The summed E-state index contributed by atoms with van der Waals surface area (Å²) in [7, 11) is -3.00. The monoisotopic (exact) mass is 500 g/mol. The van der Waals surface area contributed by atoms with E-state index in [1.54, 1.807) is 6.92 Å². The van der Waals surface area contributed by atoms with Crippen LogP contribution < -0.4 is 10.6 Å². The Balaban J connectivity index is 0.00000338. The molecule has 1 saturated heterocycles. The van der Waals surface area contributed by atoms with Crippen molar-refractivity contribution < 1.29 is 13.2 Å². The quantitative estimate of drug-likeness (QED) is 0.313. The summed E-state index contributed by atoms with van der Waals surface area (Å²) in [6.45, 7) is 6.08. The van der Waals surface area contributed by atoms with Gasteiger partial charge in [-0.05, 0) is 26.2 Å². The Bertz CT molecular complexity index is 577. The summed E-state index contributed by atoms with van der Waals surface area (Å²) in [4.78, 5) is 18.8. The lowest BCUT2D eigenvalue weighted by atomic mass is 10.1. The number of amides is 1. The van der Waals surface area contributed by atoms with Gasteiger partial charge in [0.25, 0.3) is 0 Å². The number of hydrogen-bond acceptors (Lipinski definition) is 4. The summed E-state index contributed by atoms with van der Waals surface area (Å²) in [5.74, 6) is 1.37. The molecule has 0 bridgehead atoms. The van der Waals surface area contributed by atoms with Gasteiger partial charge in [-0.3, -0.25) is 9.79 Å². The molecule has 9 heteroatoms. The van der Waals surface area contributed by atoms with Crippen LogP contribution in [0, 0.1) is 5.92 Å². The molecule has 1 amide bonds. The highest BCUT2D eigenvalue weighted by Crippen LogP contribution is 2.27. The van der Waals surface area contributed by atoms with Gasteiger partial charge < -0.3 is 15.5 Å². The third-order valence-electron chi connectivity index (χ3n) is 5.00. The van der Waals surface area contributed by atoms with Crippen molar-refractivity contribution in [1.82, 2.24) is 15.5 Å². The van der Waals surface area contributed by atoms with E-state index < -0.39 is 9.84 Å². The first-order valence-electron chi connectivity index (χ1n) is 9.49. The third kappa shape index (κ3) is 7.21. The molecule has 1 heterocycles. The number of guanidine groups is 1. The smallest absolute Gasteiger partial charge is 0.225 e. The van der Waals surface area contributed by atoms with Crippen molar-refractivity contribution in [3.63, 3.8) is 0 Å². The summed E-state index contributed by atoms with van der Waals surface area (Å²) in [6.07, 6.45) is 5.30. The van der Waals surface area contributed by atoms with Crippen LogP contribution in [0.15, 0.2) is 4.99 Å². The number of nitrogens with zero attached hydrogens (tertiary/aromatic N) is 2.